The molecule has 1 N–H and O–H groups in total. The van der Waals surface area contributed by atoms with Crippen LogP contribution in [0, 0.1) is 0 Å². The molecule has 0 spiro atoms. The Balaban J connectivity index is 2.53. The zero-order chi connectivity index (χ0) is 11.8. The van der Waals surface area contributed by atoms with Gasteiger partial charge in [-0.05, 0) is 11.6 Å². The zero-order valence-corrected chi connectivity index (χ0v) is 8.64. The van der Waals surface area contributed by atoms with Crippen molar-refractivity contribution >= 4 is 17.8 Å². The third kappa shape index (κ3) is 1.35. The van der Waals surface area contributed by atoms with Crippen LogP contribution in [0.25, 0.3) is 6.08 Å². The predicted octanol–water partition coefficient (Wildman–Crippen LogP) is 0.800. The van der Waals surface area contributed by atoms with Gasteiger partial charge in [-0.2, -0.15) is 0 Å². The van der Waals surface area contributed by atoms with Crippen LogP contribution in [0.3, 0.4) is 0 Å². The first-order valence-corrected chi connectivity index (χ1v) is 4.73. The molecule has 1 atom stereocenters. The molecule has 82 valence electrons. The molecule has 0 saturated carbocycles. The summed E-state index contributed by atoms with van der Waals surface area (Å²) in [7, 11) is 1.13. The van der Waals surface area contributed by atoms with Crippen molar-refractivity contribution in [1.82, 2.24) is 0 Å². The number of hydrogen-bond donors (Lipinski definition) is 1. The molecule has 1 aliphatic carbocycles. The van der Waals surface area contributed by atoms with Crippen molar-refractivity contribution in [3.05, 3.63) is 41.5 Å². The Bertz CT molecular complexity index is 490. The number of carbonyl (C=O) groups is 2. The first-order valence-electron chi connectivity index (χ1n) is 4.73. The number of carbonyl (C=O) groups excluding carboxylic acids is 2. The second-order valence-electron chi connectivity index (χ2n) is 3.51. The van der Waals surface area contributed by atoms with Crippen LogP contribution in [0.1, 0.15) is 15.9 Å². The normalized spacial score (nSPS) is 22.8. The summed E-state index contributed by atoms with van der Waals surface area (Å²) in [5, 5.41) is 9.94. The molecular weight excluding hydrogens is 208 g/mol. The highest BCUT2D eigenvalue weighted by molar-refractivity contribution is 6.20. The van der Waals surface area contributed by atoms with E-state index in [9.17, 15) is 14.7 Å². The number of fused-ring (bicyclic) bond motifs is 1. The summed E-state index contributed by atoms with van der Waals surface area (Å²) in [6.07, 6.45) is 2.69. The van der Waals surface area contributed by atoms with Crippen molar-refractivity contribution < 1.29 is 19.4 Å². The third-order valence-electron chi connectivity index (χ3n) is 2.55. The van der Waals surface area contributed by atoms with Crippen molar-refractivity contribution in [3.63, 3.8) is 0 Å². The number of ketones is 1. The predicted molar refractivity (Wildman–Crippen MR) is 56.8 cm³/mol. The van der Waals surface area contributed by atoms with Gasteiger partial charge in [0.25, 0.3) is 0 Å². The lowest BCUT2D eigenvalue weighted by Crippen LogP contribution is -2.47. The van der Waals surface area contributed by atoms with Gasteiger partial charge in [-0.3, -0.25) is 4.79 Å². The van der Waals surface area contributed by atoms with Crippen LogP contribution in [-0.2, 0) is 9.53 Å². The maximum Gasteiger partial charge on any atom is 0.350 e. The van der Waals surface area contributed by atoms with Gasteiger partial charge in [-0.1, -0.05) is 30.3 Å². The van der Waals surface area contributed by atoms with Crippen LogP contribution in [0.2, 0.25) is 0 Å². The van der Waals surface area contributed by atoms with Gasteiger partial charge in [-0.25, -0.2) is 4.79 Å². The number of Topliss-reactive ketones (excluding diaryl/α,β-unsaturated/α-hetero) is 1. The molecular formula is C12H10O4. The van der Waals surface area contributed by atoms with Crippen LogP contribution in [-0.4, -0.2) is 29.6 Å². The Morgan fingerprint density at radius 2 is 2.06 bits per heavy atom. The van der Waals surface area contributed by atoms with E-state index in [1.807, 2.05) is 0 Å². The minimum atomic E-state index is -2.19. The Hall–Kier alpha value is -1.94. The van der Waals surface area contributed by atoms with E-state index in [2.05, 4.69) is 4.74 Å². The Kier molecular flexibility index (Phi) is 2.36. The standard InChI is InChI=1S/C12H10O4/c1-16-11(14)12(15)7-6-8-4-2-3-5-9(8)10(12)13/h2-7,15H,1H3. The third-order valence-corrected chi connectivity index (χ3v) is 2.55. The van der Waals surface area contributed by atoms with Crippen molar-refractivity contribution in [2.24, 2.45) is 0 Å². The first kappa shape index (κ1) is 10.6. The fourth-order valence-electron chi connectivity index (χ4n) is 1.66. The maximum atomic E-state index is 11.9. The second kappa shape index (κ2) is 3.57. The number of aliphatic hydroxyl groups is 1. The van der Waals surface area contributed by atoms with E-state index in [4.69, 9.17) is 0 Å². The number of ether oxygens (including phenoxy) is 1. The highest BCUT2D eigenvalue weighted by atomic mass is 16.5. The van der Waals surface area contributed by atoms with E-state index < -0.39 is 17.4 Å². The molecule has 4 heteroatoms. The molecule has 0 radical (unpaired) electrons. The lowest BCUT2D eigenvalue weighted by molar-refractivity contribution is -0.153. The molecule has 4 nitrogen and oxygen atoms in total. The topological polar surface area (TPSA) is 63.6 Å². The molecule has 16 heavy (non-hydrogen) atoms. The van der Waals surface area contributed by atoms with Crippen LogP contribution in [0.5, 0.6) is 0 Å². The molecule has 1 aliphatic rings. The summed E-state index contributed by atoms with van der Waals surface area (Å²) in [4.78, 5) is 23.3. The first-order chi connectivity index (χ1) is 7.59. The van der Waals surface area contributed by atoms with Gasteiger partial charge in [0.2, 0.25) is 11.4 Å². The van der Waals surface area contributed by atoms with Crippen LogP contribution in [0.15, 0.2) is 30.3 Å². The minimum Gasteiger partial charge on any atom is -0.466 e. The number of hydrogen-bond acceptors (Lipinski definition) is 4. The van der Waals surface area contributed by atoms with E-state index in [0.717, 1.165) is 13.2 Å². The number of methoxy groups -OCH3 is 1. The van der Waals surface area contributed by atoms with E-state index >= 15 is 0 Å². The van der Waals surface area contributed by atoms with Crippen molar-refractivity contribution in [1.29, 1.82) is 0 Å². The molecule has 1 aromatic carbocycles. The van der Waals surface area contributed by atoms with Gasteiger partial charge in [0, 0.05) is 5.56 Å². The second-order valence-corrected chi connectivity index (χ2v) is 3.51. The summed E-state index contributed by atoms with van der Waals surface area (Å²) in [6.45, 7) is 0. The molecule has 0 amide bonds. The molecule has 1 aromatic rings. The summed E-state index contributed by atoms with van der Waals surface area (Å²) < 4.78 is 4.42. The highest BCUT2D eigenvalue weighted by Crippen LogP contribution is 2.26. The SMILES string of the molecule is COC(=O)C1(O)C=Cc2ccccc2C1=O. The van der Waals surface area contributed by atoms with Crippen molar-refractivity contribution in [2.45, 2.75) is 5.60 Å². The van der Waals surface area contributed by atoms with Gasteiger partial charge in [0.05, 0.1) is 7.11 Å². The molecule has 0 heterocycles. The highest BCUT2D eigenvalue weighted by Gasteiger charge is 2.45. The van der Waals surface area contributed by atoms with Gasteiger partial charge >= 0.3 is 5.97 Å². The van der Waals surface area contributed by atoms with Gasteiger partial charge in [0.1, 0.15) is 0 Å². The Labute approximate surface area is 92.2 Å². The lowest BCUT2D eigenvalue weighted by Gasteiger charge is -2.24. The van der Waals surface area contributed by atoms with Crippen molar-refractivity contribution in [2.75, 3.05) is 7.11 Å². The van der Waals surface area contributed by atoms with Crippen LogP contribution >= 0.6 is 0 Å². The molecule has 0 bridgehead atoms. The molecule has 0 aliphatic heterocycles. The maximum absolute atomic E-state index is 11.9. The average molecular weight is 218 g/mol. The van der Waals surface area contributed by atoms with Crippen molar-refractivity contribution in [3.8, 4) is 0 Å². The Morgan fingerprint density at radius 3 is 2.75 bits per heavy atom. The van der Waals surface area contributed by atoms with E-state index in [1.165, 1.54) is 6.08 Å². The quantitative estimate of drug-likeness (QED) is 0.559. The van der Waals surface area contributed by atoms with E-state index in [-0.39, 0.29) is 0 Å². The molecule has 2 rings (SSSR count). The van der Waals surface area contributed by atoms with E-state index in [0.29, 0.717) is 11.1 Å². The molecule has 0 saturated heterocycles. The number of benzene rings is 1. The van der Waals surface area contributed by atoms with Gasteiger partial charge in [-0.15, -0.1) is 0 Å². The molecule has 0 aromatic heterocycles. The minimum absolute atomic E-state index is 0.318. The summed E-state index contributed by atoms with van der Waals surface area (Å²) in [5.41, 5.74) is -1.19. The smallest absolute Gasteiger partial charge is 0.350 e. The summed E-state index contributed by atoms with van der Waals surface area (Å²) in [6, 6.07) is 6.75. The number of rotatable bonds is 1. The Morgan fingerprint density at radius 1 is 1.38 bits per heavy atom. The lowest BCUT2D eigenvalue weighted by atomic mass is 9.85. The van der Waals surface area contributed by atoms with Crippen LogP contribution in [0.4, 0.5) is 0 Å². The molecule has 0 fully saturated rings. The van der Waals surface area contributed by atoms with Crippen LogP contribution < -0.4 is 0 Å². The monoisotopic (exact) mass is 218 g/mol. The molecule has 1 unspecified atom stereocenters. The summed E-state index contributed by atoms with van der Waals surface area (Å²) in [5.74, 6) is -1.62. The average Bonchev–Trinajstić information content (AvgIpc) is 2.33. The summed E-state index contributed by atoms with van der Waals surface area (Å²) >= 11 is 0. The fourth-order valence-corrected chi connectivity index (χ4v) is 1.66. The zero-order valence-electron chi connectivity index (χ0n) is 8.64. The van der Waals surface area contributed by atoms with E-state index in [1.54, 1.807) is 24.3 Å². The number of esters is 1. The van der Waals surface area contributed by atoms with Gasteiger partial charge in [0.15, 0.2) is 0 Å². The fraction of sp³-hybridized carbons (Fsp3) is 0.167. The largest absolute Gasteiger partial charge is 0.466 e. The van der Waals surface area contributed by atoms with Gasteiger partial charge < -0.3 is 9.84 Å².